The van der Waals surface area contributed by atoms with Crippen molar-refractivity contribution < 1.29 is 9.47 Å². The molecule has 0 bridgehead atoms. The summed E-state index contributed by atoms with van der Waals surface area (Å²) >= 11 is 6.09. The fraction of sp³-hybridized carbons (Fsp3) is 0.250. The third-order valence-corrected chi connectivity index (χ3v) is 3.47. The van der Waals surface area contributed by atoms with Crippen LogP contribution >= 0.6 is 11.6 Å². The van der Waals surface area contributed by atoms with Crippen molar-refractivity contribution in [2.75, 3.05) is 12.3 Å². The number of nitrogens with two attached hydrogens (primary N) is 1. The summed E-state index contributed by atoms with van der Waals surface area (Å²) in [6, 6.07) is 12.8. The molecule has 0 atom stereocenters. The highest BCUT2D eigenvalue weighted by Crippen LogP contribution is 2.33. The molecular formula is C16H16ClNO2. The first-order valence-corrected chi connectivity index (χ1v) is 7.04. The molecule has 1 aliphatic rings. The summed E-state index contributed by atoms with van der Waals surface area (Å²) in [5.41, 5.74) is 6.27. The molecule has 3 nitrogen and oxygen atoms in total. The van der Waals surface area contributed by atoms with E-state index in [1.165, 1.54) is 12.8 Å². The first-order valence-electron chi connectivity index (χ1n) is 6.66. The van der Waals surface area contributed by atoms with Crippen LogP contribution in [0.5, 0.6) is 17.2 Å². The highest BCUT2D eigenvalue weighted by molar-refractivity contribution is 6.32. The van der Waals surface area contributed by atoms with Crippen LogP contribution in [0.1, 0.15) is 12.8 Å². The molecule has 3 rings (SSSR count). The molecule has 104 valence electrons. The minimum absolute atomic E-state index is 0.495. The lowest BCUT2D eigenvalue weighted by atomic mass is 10.3. The van der Waals surface area contributed by atoms with Crippen LogP contribution in [0.2, 0.25) is 5.02 Å². The molecule has 2 aromatic rings. The first-order chi connectivity index (χ1) is 9.70. The maximum absolute atomic E-state index is 6.09. The van der Waals surface area contributed by atoms with Gasteiger partial charge in [-0.2, -0.15) is 0 Å². The van der Waals surface area contributed by atoms with Gasteiger partial charge in [0.1, 0.15) is 17.2 Å². The molecule has 1 saturated carbocycles. The summed E-state index contributed by atoms with van der Waals surface area (Å²) in [5, 5.41) is 0.495. The van der Waals surface area contributed by atoms with Crippen LogP contribution in [0.4, 0.5) is 5.69 Å². The van der Waals surface area contributed by atoms with E-state index in [-0.39, 0.29) is 0 Å². The van der Waals surface area contributed by atoms with Crippen molar-refractivity contribution in [3.63, 3.8) is 0 Å². The van der Waals surface area contributed by atoms with Gasteiger partial charge in [-0.05, 0) is 49.1 Å². The molecule has 0 spiro atoms. The Bertz CT molecular complexity index is 611. The summed E-state index contributed by atoms with van der Waals surface area (Å²) in [7, 11) is 0. The lowest BCUT2D eigenvalue weighted by Crippen LogP contribution is -1.98. The maximum atomic E-state index is 6.09. The van der Waals surface area contributed by atoms with Crippen LogP contribution in [-0.4, -0.2) is 6.61 Å². The van der Waals surface area contributed by atoms with E-state index in [2.05, 4.69) is 0 Å². The zero-order valence-electron chi connectivity index (χ0n) is 11.0. The number of rotatable bonds is 5. The molecule has 4 heteroatoms. The SMILES string of the molecule is Nc1ccc(Oc2cccc(OCC3CC3)c2)c(Cl)c1. The summed E-state index contributed by atoms with van der Waals surface area (Å²) in [6.45, 7) is 0.784. The second-order valence-corrected chi connectivity index (χ2v) is 5.43. The molecule has 0 radical (unpaired) electrons. The number of benzene rings is 2. The van der Waals surface area contributed by atoms with Gasteiger partial charge in [-0.3, -0.25) is 0 Å². The molecule has 0 unspecified atom stereocenters. The van der Waals surface area contributed by atoms with Gasteiger partial charge in [-0.1, -0.05) is 17.7 Å². The number of halogens is 1. The van der Waals surface area contributed by atoms with Crippen LogP contribution in [0.3, 0.4) is 0 Å². The average molecular weight is 290 g/mol. The smallest absolute Gasteiger partial charge is 0.146 e. The van der Waals surface area contributed by atoms with Crippen molar-refractivity contribution in [3.05, 3.63) is 47.5 Å². The van der Waals surface area contributed by atoms with Gasteiger partial charge < -0.3 is 15.2 Å². The molecule has 0 saturated heterocycles. The lowest BCUT2D eigenvalue weighted by Gasteiger charge is -2.10. The Hall–Kier alpha value is -1.87. The van der Waals surface area contributed by atoms with Crippen LogP contribution in [0.15, 0.2) is 42.5 Å². The molecule has 1 fully saturated rings. The Kier molecular flexibility index (Phi) is 3.70. The minimum atomic E-state index is 0.495. The molecule has 0 aromatic heterocycles. The third kappa shape index (κ3) is 3.36. The van der Waals surface area contributed by atoms with Crippen molar-refractivity contribution >= 4 is 17.3 Å². The molecule has 0 aliphatic heterocycles. The Morgan fingerprint density at radius 1 is 1.10 bits per heavy atom. The van der Waals surface area contributed by atoms with Crippen LogP contribution in [-0.2, 0) is 0 Å². The highest BCUT2D eigenvalue weighted by Gasteiger charge is 2.21. The number of nitrogen functional groups attached to an aromatic ring is 1. The minimum Gasteiger partial charge on any atom is -0.493 e. The van der Waals surface area contributed by atoms with E-state index in [1.807, 2.05) is 24.3 Å². The highest BCUT2D eigenvalue weighted by atomic mass is 35.5. The van der Waals surface area contributed by atoms with Crippen LogP contribution in [0, 0.1) is 5.92 Å². The van der Waals surface area contributed by atoms with Gasteiger partial charge in [0.15, 0.2) is 0 Å². The molecule has 0 heterocycles. The van der Waals surface area contributed by atoms with E-state index >= 15 is 0 Å². The number of anilines is 1. The van der Waals surface area contributed by atoms with Gasteiger partial charge in [0, 0.05) is 11.8 Å². The molecule has 20 heavy (non-hydrogen) atoms. The van der Waals surface area contributed by atoms with Crippen LogP contribution < -0.4 is 15.2 Å². The van der Waals surface area contributed by atoms with Crippen molar-refractivity contribution in [2.45, 2.75) is 12.8 Å². The van der Waals surface area contributed by atoms with Gasteiger partial charge >= 0.3 is 0 Å². The van der Waals surface area contributed by atoms with Gasteiger partial charge in [0.25, 0.3) is 0 Å². The second kappa shape index (κ2) is 5.63. The van der Waals surface area contributed by atoms with Gasteiger partial charge in [0.05, 0.1) is 11.6 Å². The number of hydrogen-bond donors (Lipinski definition) is 1. The van der Waals surface area contributed by atoms with Crippen molar-refractivity contribution in [3.8, 4) is 17.2 Å². The van der Waals surface area contributed by atoms with E-state index < -0.39 is 0 Å². The molecule has 1 aliphatic carbocycles. The summed E-state index contributed by atoms with van der Waals surface area (Å²) in [4.78, 5) is 0. The molecule has 0 amide bonds. The fourth-order valence-corrected chi connectivity index (χ4v) is 2.08. The van der Waals surface area contributed by atoms with Crippen LogP contribution in [0.25, 0.3) is 0 Å². The third-order valence-electron chi connectivity index (χ3n) is 3.17. The summed E-state index contributed by atoms with van der Waals surface area (Å²) in [5.74, 6) is 2.83. The van der Waals surface area contributed by atoms with E-state index in [0.717, 1.165) is 18.3 Å². The molecule has 2 N–H and O–H groups in total. The van der Waals surface area contributed by atoms with Gasteiger partial charge in [-0.25, -0.2) is 0 Å². The normalized spacial score (nSPS) is 14.1. The Labute approximate surface area is 123 Å². The first kappa shape index (κ1) is 13.1. The van der Waals surface area contributed by atoms with E-state index in [4.69, 9.17) is 26.8 Å². The summed E-state index contributed by atoms with van der Waals surface area (Å²) < 4.78 is 11.5. The zero-order valence-corrected chi connectivity index (χ0v) is 11.8. The Morgan fingerprint density at radius 2 is 1.90 bits per heavy atom. The standard InChI is InChI=1S/C16H16ClNO2/c17-15-8-12(18)6-7-16(15)20-14-3-1-2-13(9-14)19-10-11-4-5-11/h1-3,6-9,11H,4-5,10,18H2. The Morgan fingerprint density at radius 3 is 2.65 bits per heavy atom. The predicted octanol–water partition coefficient (Wildman–Crippen LogP) is 4.50. The maximum Gasteiger partial charge on any atom is 0.146 e. The number of hydrogen-bond acceptors (Lipinski definition) is 3. The van der Waals surface area contributed by atoms with E-state index in [0.29, 0.717) is 22.2 Å². The zero-order chi connectivity index (χ0) is 13.9. The fourth-order valence-electron chi connectivity index (χ4n) is 1.85. The number of ether oxygens (including phenoxy) is 2. The van der Waals surface area contributed by atoms with Gasteiger partial charge in [-0.15, -0.1) is 0 Å². The largest absolute Gasteiger partial charge is 0.493 e. The molecule has 2 aromatic carbocycles. The van der Waals surface area contributed by atoms with Crippen molar-refractivity contribution in [2.24, 2.45) is 5.92 Å². The monoisotopic (exact) mass is 289 g/mol. The van der Waals surface area contributed by atoms with E-state index in [9.17, 15) is 0 Å². The van der Waals surface area contributed by atoms with Gasteiger partial charge in [0.2, 0.25) is 0 Å². The van der Waals surface area contributed by atoms with E-state index in [1.54, 1.807) is 18.2 Å². The van der Waals surface area contributed by atoms with Crippen molar-refractivity contribution in [1.29, 1.82) is 0 Å². The van der Waals surface area contributed by atoms with Crippen molar-refractivity contribution in [1.82, 2.24) is 0 Å². The Balaban J connectivity index is 1.70. The quantitative estimate of drug-likeness (QED) is 0.824. The average Bonchev–Trinajstić information content (AvgIpc) is 3.24. The summed E-state index contributed by atoms with van der Waals surface area (Å²) in [6.07, 6.45) is 2.55. The second-order valence-electron chi connectivity index (χ2n) is 5.02. The topological polar surface area (TPSA) is 44.5 Å². The predicted molar refractivity (Wildman–Crippen MR) is 80.6 cm³/mol. The molecular weight excluding hydrogens is 274 g/mol. The lowest BCUT2D eigenvalue weighted by molar-refractivity contribution is 0.298.